The van der Waals surface area contributed by atoms with Crippen LogP contribution in [-0.4, -0.2) is 31.5 Å². The maximum Gasteiger partial charge on any atom is 0.120 e. The number of hydrogen-bond donors (Lipinski definition) is 2. The van der Waals surface area contributed by atoms with E-state index < -0.39 is 0 Å². The molecule has 1 aromatic rings. The van der Waals surface area contributed by atoms with E-state index in [1.165, 1.54) is 0 Å². The lowest BCUT2D eigenvalue weighted by Gasteiger charge is -2.10. The fourth-order valence-electron chi connectivity index (χ4n) is 1.15. The largest absolute Gasteiger partial charge is 0.468 e. The molecule has 80 valence electrons. The highest BCUT2D eigenvalue weighted by Crippen LogP contribution is 2.11. The second-order valence-electron chi connectivity index (χ2n) is 3.03. The minimum Gasteiger partial charge on any atom is -0.468 e. The van der Waals surface area contributed by atoms with Gasteiger partial charge in [-0.05, 0) is 19.1 Å². The first-order valence-electron chi connectivity index (χ1n) is 4.80. The summed E-state index contributed by atoms with van der Waals surface area (Å²) in [5.74, 6) is 0.923. The molecule has 14 heavy (non-hydrogen) atoms. The number of aliphatic hydroxyl groups is 1. The van der Waals surface area contributed by atoms with Crippen molar-refractivity contribution in [3.8, 4) is 0 Å². The van der Waals surface area contributed by atoms with Gasteiger partial charge in [0.25, 0.3) is 0 Å². The molecule has 2 N–H and O–H groups in total. The molecule has 0 saturated carbocycles. The first kappa shape index (κ1) is 11.2. The summed E-state index contributed by atoms with van der Waals surface area (Å²) in [7, 11) is 0. The monoisotopic (exact) mass is 199 g/mol. The van der Waals surface area contributed by atoms with E-state index in [0.717, 1.165) is 12.3 Å². The Morgan fingerprint density at radius 2 is 2.43 bits per heavy atom. The molecule has 4 heteroatoms. The van der Waals surface area contributed by atoms with Gasteiger partial charge in [0, 0.05) is 6.54 Å². The molecular weight excluding hydrogens is 182 g/mol. The second-order valence-corrected chi connectivity index (χ2v) is 3.03. The van der Waals surface area contributed by atoms with E-state index in [1.54, 1.807) is 6.26 Å². The van der Waals surface area contributed by atoms with Gasteiger partial charge in [-0.3, -0.25) is 0 Å². The molecule has 0 unspecified atom stereocenters. The molecule has 0 aliphatic rings. The van der Waals surface area contributed by atoms with Gasteiger partial charge in [0.1, 0.15) is 5.76 Å². The fraction of sp³-hybridized carbons (Fsp3) is 0.600. The van der Waals surface area contributed by atoms with Crippen molar-refractivity contribution in [1.82, 2.24) is 5.32 Å². The average Bonchev–Trinajstić information content (AvgIpc) is 2.70. The standard InChI is InChI=1S/C10H17NO3/c1-9(10-3-2-6-14-10)11-4-7-13-8-5-12/h2-3,6,9,11-12H,4-5,7-8H2,1H3/t9-/m0/s1. The van der Waals surface area contributed by atoms with Gasteiger partial charge in [-0.15, -0.1) is 0 Å². The van der Waals surface area contributed by atoms with Crippen molar-refractivity contribution in [2.45, 2.75) is 13.0 Å². The van der Waals surface area contributed by atoms with Crippen LogP contribution in [0.1, 0.15) is 18.7 Å². The molecule has 1 heterocycles. The summed E-state index contributed by atoms with van der Waals surface area (Å²) >= 11 is 0. The van der Waals surface area contributed by atoms with E-state index in [-0.39, 0.29) is 12.6 Å². The van der Waals surface area contributed by atoms with Crippen molar-refractivity contribution in [2.75, 3.05) is 26.4 Å². The Labute approximate surface area is 83.9 Å². The van der Waals surface area contributed by atoms with Gasteiger partial charge in [0.05, 0.1) is 32.1 Å². The van der Waals surface area contributed by atoms with Gasteiger partial charge in [-0.1, -0.05) is 0 Å². The fourth-order valence-corrected chi connectivity index (χ4v) is 1.15. The summed E-state index contributed by atoms with van der Waals surface area (Å²) in [5, 5.41) is 11.7. The summed E-state index contributed by atoms with van der Waals surface area (Å²) in [6, 6.07) is 4.00. The Balaban J connectivity index is 2.07. The first-order valence-corrected chi connectivity index (χ1v) is 4.80. The topological polar surface area (TPSA) is 54.6 Å². The number of furan rings is 1. The van der Waals surface area contributed by atoms with Crippen LogP contribution < -0.4 is 5.32 Å². The molecule has 0 aliphatic heterocycles. The third-order valence-corrected chi connectivity index (χ3v) is 1.90. The Kier molecular flexibility index (Phi) is 5.29. The summed E-state index contributed by atoms with van der Waals surface area (Å²) in [5.41, 5.74) is 0. The molecule has 0 spiro atoms. The lowest BCUT2D eigenvalue weighted by atomic mass is 10.2. The molecule has 1 rings (SSSR count). The molecule has 0 aliphatic carbocycles. The number of hydrogen-bond acceptors (Lipinski definition) is 4. The third-order valence-electron chi connectivity index (χ3n) is 1.90. The molecule has 0 amide bonds. The third kappa shape index (κ3) is 3.91. The Morgan fingerprint density at radius 1 is 1.57 bits per heavy atom. The van der Waals surface area contributed by atoms with Crippen molar-refractivity contribution in [1.29, 1.82) is 0 Å². The number of nitrogens with one attached hydrogen (secondary N) is 1. The molecule has 0 radical (unpaired) electrons. The number of rotatable bonds is 7. The van der Waals surface area contributed by atoms with Crippen LogP contribution in [0.15, 0.2) is 22.8 Å². The van der Waals surface area contributed by atoms with Crippen molar-refractivity contribution in [2.24, 2.45) is 0 Å². The van der Waals surface area contributed by atoms with Crippen LogP contribution >= 0.6 is 0 Å². The predicted molar refractivity (Wildman–Crippen MR) is 53.0 cm³/mol. The Morgan fingerprint density at radius 3 is 3.07 bits per heavy atom. The molecule has 0 aromatic carbocycles. The van der Waals surface area contributed by atoms with Gasteiger partial charge in [0.2, 0.25) is 0 Å². The van der Waals surface area contributed by atoms with Crippen LogP contribution in [0.2, 0.25) is 0 Å². The SMILES string of the molecule is C[C@H](NCCOCCO)c1ccco1. The van der Waals surface area contributed by atoms with Crippen LogP contribution in [0.4, 0.5) is 0 Å². The summed E-state index contributed by atoms with van der Waals surface area (Å²) in [4.78, 5) is 0. The Bertz CT molecular complexity index is 223. The number of ether oxygens (including phenoxy) is 1. The molecule has 0 fully saturated rings. The van der Waals surface area contributed by atoms with Crippen molar-refractivity contribution < 1.29 is 14.3 Å². The van der Waals surface area contributed by atoms with Crippen LogP contribution in [0.25, 0.3) is 0 Å². The van der Waals surface area contributed by atoms with E-state index in [4.69, 9.17) is 14.3 Å². The van der Waals surface area contributed by atoms with Crippen LogP contribution in [0, 0.1) is 0 Å². The van der Waals surface area contributed by atoms with Crippen LogP contribution in [0.5, 0.6) is 0 Å². The zero-order valence-electron chi connectivity index (χ0n) is 8.40. The molecule has 1 aromatic heterocycles. The smallest absolute Gasteiger partial charge is 0.120 e. The maximum atomic E-state index is 8.46. The van der Waals surface area contributed by atoms with Crippen molar-refractivity contribution in [3.63, 3.8) is 0 Å². The summed E-state index contributed by atoms with van der Waals surface area (Å²) in [6.45, 7) is 3.86. The summed E-state index contributed by atoms with van der Waals surface area (Å²) in [6.07, 6.45) is 1.66. The molecule has 0 saturated heterocycles. The summed E-state index contributed by atoms with van der Waals surface area (Å²) < 4.78 is 10.3. The van der Waals surface area contributed by atoms with E-state index in [0.29, 0.717) is 13.2 Å². The molecule has 0 bridgehead atoms. The lowest BCUT2D eigenvalue weighted by Crippen LogP contribution is -2.23. The predicted octanol–water partition coefficient (Wildman–Crippen LogP) is 0.939. The lowest BCUT2D eigenvalue weighted by molar-refractivity contribution is 0.0925. The first-order chi connectivity index (χ1) is 6.84. The van der Waals surface area contributed by atoms with E-state index in [9.17, 15) is 0 Å². The van der Waals surface area contributed by atoms with Gasteiger partial charge in [-0.2, -0.15) is 0 Å². The average molecular weight is 199 g/mol. The van der Waals surface area contributed by atoms with Gasteiger partial charge in [0.15, 0.2) is 0 Å². The highest BCUT2D eigenvalue weighted by molar-refractivity contribution is 5.02. The quantitative estimate of drug-likeness (QED) is 0.642. The van der Waals surface area contributed by atoms with Crippen molar-refractivity contribution in [3.05, 3.63) is 24.2 Å². The van der Waals surface area contributed by atoms with Crippen LogP contribution in [-0.2, 0) is 4.74 Å². The normalized spacial score (nSPS) is 13.0. The minimum absolute atomic E-state index is 0.0771. The molecule has 4 nitrogen and oxygen atoms in total. The zero-order chi connectivity index (χ0) is 10.2. The number of aliphatic hydroxyl groups excluding tert-OH is 1. The molecule has 1 atom stereocenters. The minimum atomic E-state index is 0.0771. The highest BCUT2D eigenvalue weighted by Gasteiger charge is 2.05. The zero-order valence-corrected chi connectivity index (χ0v) is 8.40. The Hall–Kier alpha value is -0.840. The highest BCUT2D eigenvalue weighted by atomic mass is 16.5. The molecular formula is C10H17NO3. The van der Waals surface area contributed by atoms with Gasteiger partial charge in [-0.25, -0.2) is 0 Å². The second kappa shape index (κ2) is 6.59. The van der Waals surface area contributed by atoms with Gasteiger partial charge >= 0.3 is 0 Å². The van der Waals surface area contributed by atoms with E-state index >= 15 is 0 Å². The van der Waals surface area contributed by atoms with Crippen molar-refractivity contribution >= 4 is 0 Å². The van der Waals surface area contributed by atoms with Gasteiger partial charge < -0.3 is 19.6 Å². The maximum absolute atomic E-state index is 8.46. The van der Waals surface area contributed by atoms with Crippen LogP contribution in [0.3, 0.4) is 0 Å². The van der Waals surface area contributed by atoms with E-state index in [1.807, 2.05) is 19.1 Å². The van der Waals surface area contributed by atoms with E-state index in [2.05, 4.69) is 5.32 Å².